The molecule has 0 amide bonds. The number of allylic oxidation sites excluding steroid dienone is 1. The summed E-state index contributed by atoms with van der Waals surface area (Å²) in [5, 5.41) is -0.0301. The Bertz CT molecular complexity index is 1970. The summed E-state index contributed by atoms with van der Waals surface area (Å²) in [6.07, 6.45) is 4.21. The first-order valence-electron chi connectivity index (χ1n) is 24.2. The second kappa shape index (κ2) is 24.1. The number of sulfone groups is 1. The van der Waals surface area contributed by atoms with E-state index in [0.29, 0.717) is 45.1 Å². The highest BCUT2D eigenvalue weighted by Crippen LogP contribution is 2.44. The maximum atomic E-state index is 14.2. The zero-order chi connectivity index (χ0) is 50.2. The number of rotatable bonds is 27. The van der Waals surface area contributed by atoms with Crippen molar-refractivity contribution in [3.05, 3.63) is 66.3 Å². The number of hydrogen-bond acceptors (Lipinski definition) is 11. The molecule has 11 nitrogen and oxygen atoms in total. The van der Waals surface area contributed by atoms with Crippen molar-refractivity contribution in [2.24, 2.45) is 17.8 Å². The average Bonchev–Trinajstić information content (AvgIpc) is 3.70. The number of hydrogen-bond donors (Lipinski definition) is 0. The molecule has 15 heteroatoms. The van der Waals surface area contributed by atoms with Gasteiger partial charge in [0.2, 0.25) is 0 Å². The Labute approximate surface area is 404 Å². The van der Waals surface area contributed by atoms with Crippen LogP contribution in [0, 0.1) is 17.8 Å². The minimum atomic E-state index is -3.76. The van der Waals surface area contributed by atoms with E-state index in [4.69, 9.17) is 32.0 Å². The first-order chi connectivity index (χ1) is 30.2. The summed E-state index contributed by atoms with van der Waals surface area (Å²) in [6.45, 7) is 42.3. The third-order valence-corrected chi connectivity index (χ3v) is 26.5. The largest absolute Gasteiger partial charge is 0.414 e. The normalized spacial score (nSPS) is 23.4. The van der Waals surface area contributed by atoms with Crippen LogP contribution in [0.2, 0.25) is 36.3 Å². The van der Waals surface area contributed by atoms with E-state index in [1.54, 1.807) is 26.4 Å². The average molecular weight is 1000 g/mol. The van der Waals surface area contributed by atoms with Crippen molar-refractivity contribution in [3.63, 3.8) is 0 Å². The van der Waals surface area contributed by atoms with Crippen LogP contribution in [0.3, 0.4) is 0 Å². The van der Waals surface area contributed by atoms with Crippen LogP contribution in [0.15, 0.2) is 65.6 Å². The third-order valence-electron chi connectivity index (χ3n) is 15.0. The van der Waals surface area contributed by atoms with Crippen LogP contribution >= 0.6 is 0 Å². The van der Waals surface area contributed by atoms with E-state index in [9.17, 15) is 16.8 Å². The predicted octanol–water partition coefficient (Wildman–Crippen LogP) is 11.6. The van der Waals surface area contributed by atoms with Gasteiger partial charge in [0.1, 0.15) is 0 Å². The quantitative estimate of drug-likeness (QED) is 0.0361. The predicted molar refractivity (Wildman–Crippen MR) is 274 cm³/mol. The second-order valence-electron chi connectivity index (χ2n) is 22.4. The Kier molecular flexibility index (Phi) is 21.4. The van der Waals surface area contributed by atoms with E-state index in [-0.39, 0.29) is 57.2 Å². The maximum absolute atomic E-state index is 14.2. The van der Waals surface area contributed by atoms with Crippen molar-refractivity contribution in [2.45, 2.75) is 204 Å². The lowest BCUT2D eigenvalue weighted by Crippen LogP contribution is -2.48. The van der Waals surface area contributed by atoms with Gasteiger partial charge in [0.25, 0.3) is 10.1 Å². The number of methoxy groups -OCH3 is 2. The van der Waals surface area contributed by atoms with Gasteiger partial charge < -0.3 is 27.8 Å². The van der Waals surface area contributed by atoms with E-state index in [2.05, 4.69) is 94.4 Å². The number of ether oxygens (including phenoxy) is 4. The lowest BCUT2D eigenvalue weighted by atomic mass is 9.82. The van der Waals surface area contributed by atoms with E-state index in [1.807, 2.05) is 26.0 Å². The molecule has 0 radical (unpaired) electrons. The maximum Gasteiger partial charge on any atom is 0.264 e. The van der Waals surface area contributed by atoms with Gasteiger partial charge in [0.05, 0.1) is 60.1 Å². The Morgan fingerprint density at radius 2 is 1.41 bits per heavy atom. The fraction of sp³-hybridized carbons (Fsp3) is 0.765. The summed E-state index contributed by atoms with van der Waals surface area (Å²) in [5.74, 6) is -0.847. The molecule has 3 rings (SSSR count). The first kappa shape index (κ1) is 58.8. The van der Waals surface area contributed by atoms with Gasteiger partial charge in [-0.05, 0) is 122 Å². The first-order valence-corrected chi connectivity index (χ1v) is 33.5. The van der Waals surface area contributed by atoms with Gasteiger partial charge in [-0.2, -0.15) is 8.42 Å². The summed E-state index contributed by atoms with van der Waals surface area (Å²) in [7, 11) is -8.66. The summed E-state index contributed by atoms with van der Waals surface area (Å²) in [4.78, 5) is 0.285. The molecule has 0 spiro atoms. The molecule has 0 aromatic heterocycles. The Morgan fingerprint density at radius 3 is 1.94 bits per heavy atom. The molecule has 9 atom stereocenters. The van der Waals surface area contributed by atoms with E-state index in [1.165, 1.54) is 0 Å². The second-order valence-corrected chi connectivity index (χ2v) is 35.6. The van der Waals surface area contributed by atoms with Crippen molar-refractivity contribution >= 4 is 36.6 Å². The zero-order valence-electron chi connectivity index (χ0n) is 43.8. The Morgan fingerprint density at radius 1 is 0.818 bits per heavy atom. The van der Waals surface area contributed by atoms with Crippen molar-refractivity contribution in [1.82, 2.24) is 0 Å². The topological polar surface area (TPSA) is 133 Å². The summed E-state index contributed by atoms with van der Waals surface area (Å²) < 4.78 is 97.2. The summed E-state index contributed by atoms with van der Waals surface area (Å²) >= 11 is 0. The van der Waals surface area contributed by atoms with Gasteiger partial charge in [-0.1, -0.05) is 99.8 Å². The highest BCUT2D eigenvalue weighted by atomic mass is 32.2. The molecule has 66 heavy (non-hydrogen) atoms. The number of benzene rings is 1. The van der Waals surface area contributed by atoms with Crippen LogP contribution < -0.4 is 0 Å². The molecule has 1 aromatic carbocycles. The summed E-state index contributed by atoms with van der Waals surface area (Å²) in [6, 6.07) is 7.16. The minimum absolute atomic E-state index is 0.00996. The van der Waals surface area contributed by atoms with Crippen LogP contribution in [0.1, 0.15) is 119 Å². The molecule has 0 aliphatic carbocycles. The highest BCUT2D eigenvalue weighted by molar-refractivity contribution is 7.91. The van der Waals surface area contributed by atoms with Gasteiger partial charge in [-0.15, -0.1) is 0 Å². The molecule has 2 fully saturated rings. The molecule has 2 aliphatic heterocycles. The molecular weight excluding hydrogens is 909 g/mol. The molecule has 1 aromatic rings. The van der Waals surface area contributed by atoms with Crippen molar-refractivity contribution in [1.29, 1.82) is 0 Å². The standard InChI is InChI=1S/C51H90O11S2Si2/c1-20-40-21-25-44(26-22-40)64(54,55)34-45-39(6)47(32-43(62-66(18,19)51(10,11)12)33-58-65(16,17)50(7,8)9)60-48(45)31-36(3)38(5)35(2)29-42(61-63(15,52)53)23-27-46-37(4)30-41(59-46)24-28-49(56-13)57-14/h21-22,25-26,35-36,41-43,45-49H,4-6,20,23-24,27-34H2,1-3,7-19H3/t35?,36-,41-,42+,43?,45+,46-,47+,48-/m0/s1. The minimum Gasteiger partial charge on any atom is -0.414 e. The van der Waals surface area contributed by atoms with E-state index >= 15 is 0 Å². The Balaban J connectivity index is 1.86. The van der Waals surface area contributed by atoms with Gasteiger partial charge in [-0.3, -0.25) is 4.18 Å². The van der Waals surface area contributed by atoms with Crippen molar-refractivity contribution in [2.75, 3.05) is 32.8 Å². The van der Waals surface area contributed by atoms with Gasteiger partial charge in [0.15, 0.2) is 32.8 Å². The van der Waals surface area contributed by atoms with Crippen LogP contribution in [-0.2, 0) is 58.4 Å². The monoisotopic (exact) mass is 999 g/mol. The third kappa shape index (κ3) is 17.1. The fourth-order valence-corrected chi connectivity index (χ4v) is 13.2. The molecule has 0 N–H and O–H groups in total. The van der Waals surface area contributed by atoms with Crippen LogP contribution in [0.5, 0.6) is 0 Å². The molecule has 2 aliphatic rings. The van der Waals surface area contributed by atoms with E-state index in [0.717, 1.165) is 47.8 Å². The SMILES string of the molecule is C=C1C[C@H](CCC(OC)OC)O[C@H]1CC[C@H](CC(C)C(=C)[C@@H](C)C[C@@H]1O[C@H](CC(CO[Si](C)(C)C(C)(C)C)O[Si](C)(C)C(C)(C)C)C(=C)[C@H]1CS(=O)(=O)c1ccc(CC)cc1)OS(C)(=O)=O. The molecule has 2 unspecified atom stereocenters. The molecule has 0 bridgehead atoms. The Hall–Kier alpha value is -1.51. The van der Waals surface area contributed by atoms with Crippen LogP contribution in [0.25, 0.3) is 0 Å². The van der Waals surface area contributed by atoms with Crippen molar-refractivity contribution < 1.29 is 48.8 Å². The van der Waals surface area contributed by atoms with Gasteiger partial charge >= 0.3 is 0 Å². The molecule has 380 valence electrons. The summed E-state index contributed by atoms with van der Waals surface area (Å²) in [5.41, 5.74) is 3.73. The molecular formula is C51H90O11S2Si2. The molecule has 2 saturated heterocycles. The lowest BCUT2D eigenvalue weighted by Gasteiger charge is -2.42. The smallest absolute Gasteiger partial charge is 0.264 e. The fourth-order valence-electron chi connectivity index (χ4n) is 8.49. The van der Waals surface area contributed by atoms with Crippen molar-refractivity contribution in [3.8, 4) is 0 Å². The lowest BCUT2D eigenvalue weighted by molar-refractivity contribution is -0.112. The highest BCUT2D eigenvalue weighted by Gasteiger charge is 2.46. The molecule has 0 saturated carbocycles. The van der Waals surface area contributed by atoms with Crippen LogP contribution in [0.4, 0.5) is 0 Å². The van der Waals surface area contributed by atoms with Crippen LogP contribution in [-0.4, -0.2) is 109 Å². The number of aryl methyl sites for hydroxylation is 1. The molecule has 2 heterocycles. The zero-order valence-corrected chi connectivity index (χ0v) is 47.4. The van der Waals surface area contributed by atoms with E-state index < -0.39 is 60.8 Å². The van der Waals surface area contributed by atoms with Gasteiger partial charge in [-0.25, -0.2) is 8.42 Å². The van der Waals surface area contributed by atoms with Gasteiger partial charge in [0, 0.05) is 33.0 Å².